The van der Waals surface area contributed by atoms with Gasteiger partial charge in [0.05, 0.1) is 14.2 Å². The quantitative estimate of drug-likeness (QED) is 0.794. The molecule has 0 spiro atoms. The summed E-state index contributed by atoms with van der Waals surface area (Å²) in [5.74, 6) is 1.73. The fraction of sp³-hybridized carbons (Fsp3) is 0.650. The third-order valence-corrected chi connectivity index (χ3v) is 5.72. The molecule has 138 valence electrons. The number of benzene rings is 1. The average molecular weight is 346 g/mol. The van der Waals surface area contributed by atoms with E-state index in [-0.39, 0.29) is 5.91 Å². The smallest absolute Gasteiger partial charge is 0.223 e. The molecule has 1 aromatic rings. The molecule has 25 heavy (non-hydrogen) atoms. The van der Waals surface area contributed by atoms with E-state index in [1.807, 2.05) is 18.2 Å². The molecule has 0 unspecified atom stereocenters. The summed E-state index contributed by atoms with van der Waals surface area (Å²) in [6.07, 6.45) is 6.06. The largest absolute Gasteiger partial charge is 0.493 e. The molecule has 5 nitrogen and oxygen atoms in total. The van der Waals surface area contributed by atoms with Gasteiger partial charge in [0.25, 0.3) is 0 Å². The Morgan fingerprint density at radius 3 is 2.48 bits per heavy atom. The number of carbonyl (C=O) groups is 1. The van der Waals surface area contributed by atoms with Gasteiger partial charge in [-0.25, -0.2) is 0 Å². The minimum atomic E-state index is 0.289. The van der Waals surface area contributed by atoms with E-state index in [0.717, 1.165) is 49.4 Å². The van der Waals surface area contributed by atoms with Crippen molar-refractivity contribution in [3.05, 3.63) is 23.8 Å². The van der Waals surface area contributed by atoms with Gasteiger partial charge in [-0.05, 0) is 63.4 Å². The Kier molecular flexibility index (Phi) is 5.84. The predicted octanol–water partition coefficient (Wildman–Crippen LogP) is 2.72. The number of methoxy groups -OCH3 is 2. The fourth-order valence-corrected chi connectivity index (χ4v) is 4.36. The van der Waals surface area contributed by atoms with Crippen LogP contribution in [0.15, 0.2) is 18.2 Å². The normalized spacial score (nSPS) is 23.9. The van der Waals surface area contributed by atoms with Crippen molar-refractivity contribution in [1.29, 1.82) is 0 Å². The van der Waals surface area contributed by atoms with Gasteiger partial charge in [-0.15, -0.1) is 0 Å². The lowest BCUT2D eigenvalue weighted by Gasteiger charge is -2.33. The number of nitrogens with zero attached hydrogens (tertiary/aromatic N) is 2. The maximum Gasteiger partial charge on any atom is 0.223 e. The molecule has 1 aromatic carbocycles. The zero-order valence-electron chi connectivity index (χ0n) is 15.7. The van der Waals surface area contributed by atoms with Crippen molar-refractivity contribution in [3.63, 3.8) is 0 Å². The standard InChI is InChI=1S/C20H30N2O3/c1-21-12-4-6-16(21)17-7-5-13-22(17)20(23)11-9-15-8-10-18(24-2)19(14-15)25-3/h8,10,14,16-17H,4-7,9,11-13H2,1-3H3/t16-,17+/m1/s1. The first-order valence-electron chi connectivity index (χ1n) is 9.34. The van der Waals surface area contributed by atoms with Crippen LogP contribution in [-0.4, -0.2) is 62.1 Å². The van der Waals surface area contributed by atoms with Crippen LogP contribution in [0.3, 0.4) is 0 Å². The summed E-state index contributed by atoms with van der Waals surface area (Å²) < 4.78 is 10.6. The van der Waals surface area contributed by atoms with Gasteiger partial charge < -0.3 is 19.3 Å². The molecule has 2 fully saturated rings. The van der Waals surface area contributed by atoms with Crippen LogP contribution in [0.5, 0.6) is 11.5 Å². The summed E-state index contributed by atoms with van der Waals surface area (Å²) in [6, 6.07) is 6.85. The van der Waals surface area contributed by atoms with Gasteiger partial charge in [-0.1, -0.05) is 6.07 Å². The van der Waals surface area contributed by atoms with Gasteiger partial charge in [-0.3, -0.25) is 4.79 Å². The van der Waals surface area contributed by atoms with Crippen LogP contribution in [-0.2, 0) is 11.2 Å². The molecule has 0 N–H and O–H groups in total. The number of hydrogen-bond acceptors (Lipinski definition) is 4. The zero-order chi connectivity index (χ0) is 17.8. The van der Waals surface area contributed by atoms with E-state index >= 15 is 0 Å². The molecule has 0 aromatic heterocycles. The van der Waals surface area contributed by atoms with E-state index in [4.69, 9.17) is 9.47 Å². The van der Waals surface area contributed by atoms with Crippen LogP contribution in [0.25, 0.3) is 0 Å². The van der Waals surface area contributed by atoms with Crippen LogP contribution >= 0.6 is 0 Å². The lowest BCUT2D eigenvalue weighted by Crippen LogP contribution is -2.47. The Bertz CT molecular complexity index is 605. The molecule has 2 aliphatic heterocycles. The summed E-state index contributed by atoms with van der Waals surface area (Å²) in [5.41, 5.74) is 1.11. The predicted molar refractivity (Wildman–Crippen MR) is 98.3 cm³/mol. The lowest BCUT2D eigenvalue weighted by molar-refractivity contribution is -0.132. The molecule has 2 aliphatic rings. The number of ether oxygens (including phenoxy) is 2. The van der Waals surface area contributed by atoms with Crippen LogP contribution in [0.2, 0.25) is 0 Å². The number of likely N-dealkylation sites (tertiary alicyclic amines) is 2. The Labute approximate surface area is 150 Å². The molecule has 5 heteroatoms. The number of carbonyl (C=O) groups excluding carboxylic acids is 1. The van der Waals surface area contributed by atoms with Crippen LogP contribution < -0.4 is 9.47 Å². The first-order chi connectivity index (χ1) is 12.1. The van der Waals surface area contributed by atoms with E-state index in [1.165, 1.54) is 12.8 Å². The molecule has 2 saturated heterocycles. The second-order valence-electron chi connectivity index (χ2n) is 7.18. The Morgan fingerprint density at radius 2 is 1.80 bits per heavy atom. The summed E-state index contributed by atoms with van der Waals surface area (Å²) in [5, 5.41) is 0. The van der Waals surface area contributed by atoms with Crippen molar-refractivity contribution in [2.24, 2.45) is 0 Å². The molecular formula is C20H30N2O3. The van der Waals surface area contributed by atoms with Crippen molar-refractivity contribution < 1.29 is 14.3 Å². The first kappa shape index (κ1) is 18.1. The Hall–Kier alpha value is -1.75. The molecular weight excluding hydrogens is 316 g/mol. The monoisotopic (exact) mass is 346 g/mol. The SMILES string of the molecule is COc1ccc(CCC(=O)N2CCC[C@H]2[C@H]2CCCN2C)cc1OC. The summed E-state index contributed by atoms with van der Waals surface area (Å²) in [6.45, 7) is 2.08. The maximum absolute atomic E-state index is 12.8. The van der Waals surface area contributed by atoms with Gasteiger partial charge in [0, 0.05) is 25.0 Å². The highest BCUT2D eigenvalue weighted by Crippen LogP contribution is 2.30. The highest BCUT2D eigenvalue weighted by atomic mass is 16.5. The molecule has 0 saturated carbocycles. The van der Waals surface area contributed by atoms with Gasteiger partial charge in [0.15, 0.2) is 11.5 Å². The lowest BCUT2D eigenvalue weighted by atomic mass is 10.0. The zero-order valence-corrected chi connectivity index (χ0v) is 15.7. The van der Waals surface area contributed by atoms with E-state index in [1.54, 1.807) is 14.2 Å². The number of amides is 1. The van der Waals surface area contributed by atoms with E-state index < -0.39 is 0 Å². The van der Waals surface area contributed by atoms with E-state index in [2.05, 4.69) is 16.8 Å². The highest BCUT2D eigenvalue weighted by molar-refractivity contribution is 5.77. The van der Waals surface area contributed by atoms with Crippen LogP contribution in [0.4, 0.5) is 0 Å². The van der Waals surface area contributed by atoms with Crippen molar-refractivity contribution in [1.82, 2.24) is 9.80 Å². The molecule has 2 atom stereocenters. The van der Waals surface area contributed by atoms with Crippen molar-refractivity contribution >= 4 is 5.91 Å². The van der Waals surface area contributed by atoms with Crippen molar-refractivity contribution in [2.75, 3.05) is 34.4 Å². The summed E-state index contributed by atoms with van der Waals surface area (Å²) in [7, 11) is 5.47. The van der Waals surface area contributed by atoms with Gasteiger partial charge in [-0.2, -0.15) is 0 Å². The van der Waals surface area contributed by atoms with Gasteiger partial charge in [0.2, 0.25) is 5.91 Å². The Morgan fingerprint density at radius 1 is 1.08 bits per heavy atom. The molecule has 2 heterocycles. The third kappa shape index (κ3) is 3.92. The van der Waals surface area contributed by atoms with Gasteiger partial charge in [0.1, 0.15) is 0 Å². The summed E-state index contributed by atoms with van der Waals surface area (Å²) >= 11 is 0. The topological polar surface area (TPSA) is 42.0 Å². The van der Waals surface area contributed by atoms with Gasteiger partial charge >= 0.3 is 0 Å². The molecule has 0 bridgehead atoms. The van der Waals surface area contributed by atoms with Crippen LogP contribution in [0, 0.1) is 0 Å². The highest BCUT2D eigenvalue weighted by Gasteiger charge is 2.37. The Balaban J connectivity index is 1.60. The minimum absolute atomic E-state index is 0.289. The van der Waals surface area contributed by atoms with Crippen LogP contribution in [0.1, 0.15) is 37.7 Å². The molecule has 0 radical (unpaired) electrons. The minimum Gasteiger partial charge on any atom is -0.493 e. The van der Waals surface area contributed by atoms with Crippen molar-refractivity contribution in [3.8, 4) is 11.5 Å². The van der Waals surface area contributed by atoms with Crippen molar-refractivity contribution in [2.45, 2.75) is 50.6 Å². The maximum atomic E-state index is 12.8. The molecule has 3 rings (SSSR count). The van der Waals surface area contributed by atoms with E-state index in [9.17, 15) is 4.79 Å². The number of hydrogen-bond donors (Lipinski definition) is 0. The number of rotatable bonds is 6. The third-order valence-electron chi connectivity index (χ3n) is 5.72. The summed E-state index contributed by atoms with van der Waals surface area (Å²) in [4.78, 5) is 17.4. The number of aryl methyl sites for hydroxylation is 1. The first-order valence-corrected chi connectivity index (χ1v) is 9.34. The average Bonchev–Trinajstić information content (AvgIpc) is 3.27. The van der Waals surface area contributed by atoms with E-state index in [0.29, 0.717) is 18.5 Å². The number of likely N-dealkylation sites (N-methyl/N-ethyl adjacent to an activating group) is 1. The molecule has 1 amide bonds. The fourth-order valence-electron chi connectivity index (χ4n) is 4.36. The molecule has 0 aliphatic carbocycles. The second-order valence-corrected chi connectivity index (χ2v) is 7.18. The second kappa shape index (κ2) is 8.09.